The van der Waals surface area contributed by atoms with Crippen molar-refractivity contribution in [1.29, 1.82) is 0 Å². The summed E-state index contributed by atoms with van der Waals surface area (Å²) in [4.78, 5) is 11.0. The highest BCUT2D eigenvalue weighted by atomic mass is 32.2. The van der Waals surface area contributed by atoms with Gasteiger partial charge in [-0.05, 0) is 18.2 Å². The first-order chi connectivity index (χ1) is 10.8. The highest BCUT2D eigenvalue weighted by Crippen LogP contribution is 2.42. The van der Waals surface area contributed by atoms with Gasteiger partial charge in [-0.1, -0.05) is 0 Å². The fourth-order valence-corrected chi connectivity index (χ4v) is 3.55. The third kappa shape index (κ3) is 2.63. The number of aromatic nitrogens is 2. The molecule has 0 aliphatic carbocycles. The molecule has 122 valence electrons. The van der Waals surface area contributed by atoms with Gasteiger partial charge in [-0.3, -0.25) is 4.68 Å². The van der Waals surface area contributed by atoms with Crippen LogP contribution in [-0.4, -0.2) is 48.7 Å². The largest absolute Gasteiger partial charge is 0.486 e. The zero-order valence-corrected chi connectivity index (χ0v) is 13.3. The van der Waals surface area contributed by atoms with Crippen molar-refractivity contribution in [3.63, 3.8) is 0 Å². The fraction of sp³-hybridized carbons (Fsp3) is 0.286. The van der Waals surface area contributed by atoms with Gasteiger partial charge in [0, 0.05) is 18.9 Å². The van der Waals surface area contributed by atoms with Gasteiger partial charge < -0.3 is 14.6 Å². The second-order valence-corrected chi connectivity index (χ2v) is 7.03. The van der Waals surface area contributed by atoms with Crippen molar-refractivity contribution in [3.8, 4) is 22.8 Å². The predicted octanol–water partition coefficient (Wildman–Crippen LogP) is 0.960. The maximum atomic E-state index is 12.3. The van der Waals surface area contributed by atoms with Crippen molar-refractivity contribution in [2.45, 2.75) is 4.90 Å². The third-order valence-corrected chi connectivity index (χ3v) is 4.56. The zero-order valence-electron chi connectivity index (χ0n) is 12.4. The van der Waals surface area contributed by atoms with Gasteiger partial charge in [0.1, 0.15) is 18.1 Å². The Bertz CT molecular complexity index is 900. The number of hydrogen-bond donors (Lipinski definition) is 1. The standard InChI is InChI=1S/C14H14N2O6S/c1-16-10(7-9(15-16)14(17)18)8-3-4-11-12(22-6-5-21-11)13(8)23(2,19)20/h3-4,7H,5-6H2,1-2H3,(H,17,18). The summed E-state index contributed by atoms with van der Waals surface area (Å²) in [6, 6.07) is 4.49. The summed E-state index contributed by atoms with van der Waals surface area (Å²) in [5, 5.41) is 12.9. The minimum atomic E-state index is -3.64. The Hall–Kier alpha value is -2.55. The average Bonchev–Trinajstić information content (AvgIpc) is 2.87. The Labute approximate surface area is 132 Å². The molecule has 0 atom stereocenters. The number of carbonyl (C=O) groups is 1. The number of aryl methyl sites for hydroxylation is 1. The Balaban J connectivity index is 2.30. The number of ether oxygens (including phenoxy) is 2. The van der Waals surface area contributed by atoms with E-state index in [0.29, 0.717) is 23.6 Å². The van der Waals surface area contributed by atoms with Crippen LogP contribution in [0.5, 0.6) is 11.5 Å². The van der Waals surface area contributed by atoms with Crippen LogP contribution in [0, 0.1) is 0 Å². The quantitative estimate of drug-likeness (QED) is 0.888. The number of aromatic carboxylic acids is 1. The van der Waals surface area contributed by atoms with Crippen LogP contribution in [0.2, 0.25) is 0 Å². The van der Waals surface area contributed by atoms with E-state index >= 15 is 0 Å². The highest BCUT2D eigenvalue weighted by Gasteiger charge is 2.28. The van der Waals surface area contributed by atoms with Gasteiger partial charge in [-0.15, -0.1) is 0 Å². The van der Waals surface area contributed by atoms with Crippen LogP contribution in [0.1, 0.15) is 10.5 Å². The number of carboxylic acids is 1. The molecule has 1 N–H and O–H groups in total. The Morgan fingerprint density at radius 3 is 2.61 bits per heavy atom. The molecule has 8 nitrogen and oxygen atoms in total. The van der Waals surface area contributed by atoms with Gasteiger partial charge in [0.15, 0.2) is 27.0 Å². The van der Waals surface area contributed by atoms with E-state index in [2.05, 4.69) is 5.10 Å². The maximum absolute atomic E-state index is 12.3. The van der Waals surface area contributed by atoms with E-state index < -0.39 is 15.8 Å². The van der Waals surface area contributed by atoms with Gasteiger partial charge in [-0.25, -0.2) is 13.2 Å². The predicted molar refractivity (Wildman–Crippen MR) is 79.7 cm³/mol. The number of benzene rings is 1. The molecule has 3 rings (SSSR count). The first kappa shape index (κ1) is 15.3. The molecule has 9 heteroatoms. The minimum Gasteiger partial charge on any atom is -0.486 e. The van der Waals surface area contributed by atoms with E-state index in [4.69, 9.17) is 14.6 Å². The van der Waals surface area contributed by atoms with Crippen molar-refractivity contribution in [1.82, 2.24) is 9.78 Å². The molecule has 0 saturated carbocycles. The second kappa shape index (κ2) is 5.27. The maximum Gasteiger partial charge on any atom is 0.356 e. The summed E-state index contributed by atoms with van der Waals surface area (Å²) < 4.78 is 36.8. The lowest BCUT2D eigenvalue weighted by Gasteiger charge is -2.22. The molecule has 1 aromatic heterocycles. The normalized spacial score (nSPS) is 13.8. The van der Waals surface area contributed by atoms with E-state index in [1.54, 1.807) is 19.2 Å². The molecule has 1 aliphatic heterocycles. The number of sulfone groups is 1. The van der Waals surface area contributed by atoms with Crippen LogP contribution in [0.25, 0.3) is 11.3 Å². The Morgan fingerprint density at radius 2 is 2.00 bits per heavy atom. The molecule has 23 heavy (non-hydrogen) atoms. The van der Waals surface area contributed by atoms with E-state index in [9.17, 15) is 13.2 Å². The highest BCUT2D eigenvalue weighted by molar-refractivity contribution is 7.91. The topological polar surface area (TPSA) is 108 Å². The van der Waals surface area contributed by atoms with E-state index in [1.807, 2.05) is 0 Å². The molecular formula is C14H14N2O6S. The van der Waals surface area contributed by atoms with Crippen LogP contribution in [0.4, 0.5) is 0 Å². The summed E-state index contributed by atoms with van der Waals surface area (Å²) in [7, 11) is -2.10. The molecule has 0 amide bonds. The van der Waals surface area contributed by atoms with Gasteiger partial charge in [-0.2, -0.15) is 5.10 Å². The molecule has 0 bridgehead atoms. The first-order valence-electron chi connectivity index (χ1n) is 6.69. The van der Waals surface area contributed by atoms with Gasteiger partial charge in [0.2, 0.25) is 0 Å². The van der Waals surface area contributed by atoms with Crippen LogP contribution < -0.4 is 9.47 Å². The lowest BCUT2D eigenvalue weighted by Crippen LogP contribution is -2.18. The van der Waals surface area contributed by atoms with E-state index in [0.717, 1.165) is 6.26 Å². The Morgan fingerprint density at radius 1 is 1.30 bits per heavy atom. The van der Waals surface area contributed by atoms with Gasteiger partial charge >= 0.3 is 5.97 Å². The number of fused-ring (bicyclic) bond motifs is 1. The summed E-state index contributed by atoms with van der Waals surface area (Å²) in [6.07, 6.45) is 1.07. The number of carboxylic acid groups (broad SMARTS) is 1. The van der Waals surface area contributed by atoms with E-state index in [1.165, 1.54) is 10.7 Å². The lowest BCUT2D eigenvalue weighted by molar-refractivity contribution is 0.0689. The van der Waals surface area contributed by atoms with Crippen LogP contribution in [0.15, 0.2) is 23.1 Å². The number of rotatable bonds is 3. The molecule has 0 fully saturated rings. The van der Waals surface area contributed by atoms with Crippen molar-refractivity contribution in [2.24, 2.45) is 7.05 Å². The molecule has 0 unspecified atom stereocenters. The monoisotopic (exact) mass is 338 g/mol. The molecule has 0 saturated heterocycles. The SMILES string of the molecule is Cn1nc(C(=O)O)cc1-c1ccc2c(c1S(C)(=O)=O)OCCO2. The second-order valence-electron chi connectivity index (χ2n) is 5.08. The number of nitrogens with zero attached hydrogens (tertiary/aromatic N) is 2. The molecule has 0 spiro atoms. The van der Waals surface area contributed by atoms with Crippen LogP contribution in [-0.2, 0) is 16.9 Å². The molecular weight excluding hydrogens is 324 g/mol. The van der Waals surface area contributed by atoms with Gasteiger partial charge in [0.05, 0.1) is 5.69 Å². The van der Waals surface area contributed by atoms with Gasteiger partial charge in [0.25, 0.3) is 0 Å². The van der Waals surface area contributed by atoms with Crippen LogP contribution >= 0.6 is 0 Å². The summed E-state index contributed by atoms with van der Waals surface area (Å²) in [5.41, 5.74) is 0.510. The van der Waals surface area contributed by atoms with Crippen molar-refractivity contribution < 1.29 is 27.8 Å². The summed E-state index contributed by atoms with van der Waals surface area (Å²) >= 11 is 0. The van der Waals surface area contributed by atoms with E-state index in [-0.39, 0.29) is 22.9 Å². The minimum absolute atomic E-state index is 0.0327. The molecule has 2 aromatic rings. The fourth-order valence-electron chi connectivity index (χ4n) is 2.48. The molecule has 1 aliphatic rings. The lowest BCUT2D eigenvalue weighted by atomic mass is 10.1. The van der Waals surface area contributed by atoms with Crippen LogP contribution in [0.3, 0.4) is 0 Å². The molecule has 2 heterocycles. The van der Waals surface area contributed by atoms with Crippen molar-refractivity contribution in [2.75, 3.05) is 19.5 Å². The first-order valence-corrected chi connectivity index (χ1v) is 8.58. The summed E-state index contributed by atoms with van der Waals surface area (Å²) in [6.45, 7) is 0.579. The molecule has 0 radical (unpaired) electrons. The molecule has 1 aromatic carbocycles. The summed E-state index contributed by atoms with van der Waals surface area (Å²) in [5.74, 6) is -0.694. The Kier molecular flexibility index (Phi) is 3.52. The zero-order chi connectivity index (χ0) is 16.8. The smallest absolute Gasteiger partial charge is 0.356 e. The van der Waals surface area contributed by atoms with Crippen molar-refractivity contribution >= 4 is 15.8 Å². The average molecular weight is 338 g/mol. The number of hydrogen-bond acceptors (Lipinski definition) is 6. The van der Waals surface area contributed by atoms with Crippen molar-refractivity contribution in [3.05, 3.63) is 23.9 Å². The third-order valence-electron chi connectivity index (χ3n) is 3.41.